The van der Waals surface area contributed by atoms with Gasteiger partial charge in [0.25, 0.3) is 0 Å². The van der Waals surface area contributed by atoms with Crippen LogP contribution in [0.3, 0.4) is 0 Å². The minimum absolute atomic E-state index is 0.313. The van der Waals surface area contributed by atoms with E-state index in [4.69, 9.17) is 10.5 Å². The number of nitrogens with two attached hydrogens (primary N) is 1. The van der Waals surface area contributed by atoms with E-state index in [2.05, 4.69) is 27.2 Å². The molecule has 0 unspecified atom stereocenters. The third-order valence-corrected chi connectivity index (χ3v) is 4.96. The van der Waals surface area contributed by atoms with E-state index in [1.54, 1.807) is 11.3 Å². The Morgan fingerprint density at radius 3 is 2.91 bits per heavy atom. The van der Waals surface area contributed by atoms with Crippen molar-refractivity contribution in [3.05, 3.63) is 27.3 Å². The molecule has 2 aromatic rings. The van der Waals surface area contributed by atoms with E-state index in [0.717, 1.165) is 48.2 Å². The fourth-order valence-corrected chi connectivity index (χ4v) is 3.43. The topological polar surface area (TPSA) is 86.0 Å². The predicted octanol–water partition coefficient (Wildman–Crippen LogP) is 2.29. The second-order valence-corrected chi connectivity index (χ2v) is 6.81. The molecular weight excluding hydrogens is 298 g/mol. The van der Waals surface area contributed by atoms with E-state index in [0.29, 0.717) is 18.5 Å². The number of hydrogen-bond acceptors (Lipinski definition) is 7. The van der Waals surface area contributed by atoms with Gasteiger partial charge in [0.05, 0.1) is 23.0 Å². The van der Waals surface area contributed by atoms with Crippen LogP contribution in [-0.2, 0) is 11.2 Å². The third-order valence-electron chi connectivity index (χ3n) is 3.83. The third kappa shape index (κ3) is 3.53. The minimum Gasteiger partial charge on any atom is -0.381 e. The zero-order valence-corrected chi connectivity index (χ0v) is 13.7. The van der Waals surface area contributed by atoms with Gasteiger partial charge in [-0.1, -0.05) is 0 Å². The standard InChI is InChI=1S/C15H21N5OS/c1-9-10(2)22-14(18-9)3-5-17-13-7-12(19-15(16)20-13)11-4-6-21-8-11/h7,11H,3-6,8H2,1-2H3,(H3,16,17,19,20)/t11-/m0/s1. The van der Waals surface area contributed by atoms with Gasteiger partial charge < -0.3 is 15.8 Å². The maximum atomic E-state index is 5.82. The molecule has 0 radical (unpaired) electrons. The number of ether oxygens (including phenoxy) is 1. The molecule has 0 amide bonds. The van der Waals surface area contributed by atoms with Crippen molar-refractivity contribution in [2.75, 3.05) is 30.8 Å². The lowest BCUT2D eigenvalue weighted by atomic mass is 10.0. The Hall–Kier alpha value is -1.73. The van der Waals surface area contributed by atoms with Crippen LogP contribution in [0.15, 0.2) is 6.07 Å². The number of thiazole rings is 1. The average Bonchev–Trinajstić information content (AvgIpc) is 3.09. The second kappa shape index (κ2) is 6.58. The monoisotopic (exact) mass is 319 g/mol. The SMILES string of the molecule is Cc1nc(CCNc2cc([C@H]3CCOC3)nc(N)n2)sc1C. The van der Waals surface area contributed by atoms with E-state index in [9.17, 15) is 0 Å². The highest BCUT2D eigenvalue weighted by atomic mass is 32.1. The van der Waals surface area contributed by atoms with Crippen LogP contribution < -0.4 is 11.1 Å². The van der Waals surface area contributed by atoms with E-state index in [-0.39, 0.29) is 0 Å². The van der Waals surface area contributed by atoms with Crippen molar-refractivity contribution in [1.82, 2.24) is 15.0 Å². The van der Waals surface area contributed by atoms with E-state index in [1.165, 1.54) is 4.88 Å². The van der Waals surface area contributed by atoms with Gasteiger partial charge in [0.15, 0.2) is 0 Å². The maximum absolute atomic E-state index is 5.82. The molecule has 0 saturated carbocycles. The van der Waals surface area contributed by atoms with Crippen molar-refractivity contribution in [3.63, 3.8) is 0 Å². The molecule has 22 heavy (non-hydrogen) atoms. The van der Waals surface area contributed by atoms with Gasteiger partial charge in [0.1, 0.15) is 5.82 Å². The Balaban J connectivity index is 1.62. The van der Waals surface area contributed by atoms with Crippen molar-refractivity contribution in [2.45, 2.75) is 32.6 Å². The summed E-state index contributed by atoms with van der Waals surface area (Å²) in [6.45, 7) is 6.44. The van der Waals surface area contributed by atoms with Gasteiger partial charge in [0, 0.05) is 36.4 Å². The predicted molar refractivity (Wildman–Crippen MR) is 88.4 cm³/mol. The number of nitrogen functional groups attached to an aromatic ring is 1. The summed E-state index contributed by atoms with van der Waals surface area (Å²) in [7, 11) is 0. The Morgan fingerprint density at radius 1 is 1.36 bits per heavy atom. The largest absolute Gasteiger partial charge is 0.381 e. The quantitative estimate of drug-likeness (QED) is 0.879. The highest BCUT2D eigenvalue weighted by Gasteiger charge is 2.20. The van der Waals surface area contributed by atoms with Crippen molar-refractivity contribution >= 4 is 23.1 Å². The molecule has 1 aliphatic rings. The van der Waals surface area contributed by atoms with E-state index >= 15 is 0 Å². The Kier molecular flexibility index (Phi) is 4.54. The molecule has 2 aromatic heterocycles. The minimum atomic E-state index is 0.313. The van der Waals surface area contributed by atoms with Crippen molar-refractivity contribution in [1.29, 1.82) is 0 Å². The van der Waals surface area contributed by atoms with Crippen molar-refractivity contribution < 1.29 is 4.74 Å². The normalized spacial score (nSPS) is 17.8. The Morgan fingerprint density at radius 2 is 2.23 bits per heavy atom. The number of aromatic nitrogens is 3. The number of rotatable bonds is 5. The van der Waals surface area contributed by atoms with E-state index in [1.807, 2.05) is 13.0 Å². The molecule has 118 valence electrons. The zero-order chi connectivity index (χ0) is 15.5. The highest BCUT2D eigenvalue weighted by molar-refractivity contribution is 7.11. The van der Waals surface area contributed by atoms with Gasteiger partial charge in [-0.2, -0.15) is 4.98 Å². The summed E-state index contributed by atoms with van der Waals surface area (Å²) in [6.07, 6.45) is 1.87. The molecule has 1 aliphatic heterocycles. The number of hydrogen-bond donors (Lipinski definition) is 2. The molecule has 7 heteroatoms. The van der Waals surface area contributed by atoms with Crippen LogP contribution in [0.4, 0.5) is 11.8 Å². The van der Waals surface area contributed by atoms with Gasteiger partial charge >= 0.3 is 0 Å². The zero-order valence-electron chi connectivity index (χ0n) is 12.9. The smallest absolute Gasteiger partial charge is 0.222 e. The van der Waals surface area contributed by atoms with Crippen LogP contribution in [-0.4, -0.2) is 34.7 Å². The molecule has 6 nitrogen and oxygen atoms in total. The lowest BCUT2D eigenvalue weighted by Crippen LogP contribution is -2.11. The van der Waals surface area contributed by atoms with Crippen LogP contribution in [0, 0.1) is 13.8 Å². The number of nitrogens with zero attached hydrogens (tertiary/aromatic N) is 3. The number of nitrogens with one attached hydrogen (secondary N) is 1. The first-order chi connectivity index (χ1) is 10.6. The summed E-state index contributed by atoms with van der Waals surface area (Å²) in [5, 5.41) is 4.47. The van der Waals surface area contributed by atoms with Crippen LogP contribution >= 0.6 is 11.3 Å². The molecule has 0 spiro atoms. The maximum Gasteiger partial charge on any atom is 0.222 e. The highest BCUT2D eigenvalue weighted by Crippen LogP contribution is 2.25. The summed E-state index contributed by atoms with van der Waals surface area (Å²) >= 11 is 1.75. The number of anilines is 2. The van der Waals surface area contributed by atoms with Crippen LogP contribution in [0.5, 0.6) is 0 Å². The lowest BCUT2D eigenvalue weighted by molar-refractivity contribution is 0.193. The molecule has 3 N–H and O–H groups in total. The van der Waals surface area contributed by atoms with Crippen LogP contribution in [0.1, 0.15) is 33.6 Å². The first-order valence-corrected chi connectivity index (χ1v) is 8.32. The van der Waals surface area contributed by atoms with Gasteiger partial charge in [-0.05, 0) is 20.3 Å². The summed E-state index contributed by atoms with van der Waals surface area (Å²) in [6, 6.07) is 1.98. The lowest BCUT2D eigenvalue weighted by Gasteiger charge is -2.11. The molecule has 1 saturated heterocycles. The molecular formula is C15H21N5OS. The van der Waals surface area contributed by atoms with Crippen molar-refractivity contribution in [2.24, 2.45) is 0 Å². The fourth-order valence-electron chi connectivity index (χ4n) is 2.50. The second-order valence-electron chi connectivity index (χ2n) is 5.52. The van der Waals surface area contributed by atoms with Crippen molar-refractivity contribution in [3.8, 4) is 0 Å². The average molecular weight is 319 g/mol. The molecule has 3 heterocycles. The Bertz CT molecular complexity index is 632. The summed E-state index contributed by atoms with van der Waals surface area (Å²) in [5.74, 6) is 1.42. The molecule has 1 fully saturated rings. The van der Waals surface area contributed by atoms with E-state index < -0.39 is 0 Å². The molecule has 0 bridgehead atoms. The fraction of sp³-hybridized carbons (Fsp3) is 0.533. The van der Waals surface area contributed by atoms with Gasteiger partial charge in [-0.3, -0.25) is 0 Å². The van der Waals surface area contributed by atoms with Gasteiger partial charge in [0.2, 0.25) is 5.95 Å². The summed E-state index contributed by atoms with van der Waals surface area (Å²) in [4.78, 5) is 14.4. The first-order valence-electron chi connectivity index (χ1n) is 7.51. The van der Waals surface area contributed by atoms with Gasteiger partial charge in [-0.15, -0.1) is 11.3 Å². The van der Waals surface area contributed by atoms with Crippen LogP contribution in [0.25, 0.3) is 0 Å². The first kappa shape index (κ1) is 15.2. The molecule has 0 aromatic carbocycles. The molecule has 3 rings (SSSR count). The molecule has 0 aliphatic carbocycles. The summed E-state index contributed by atoms with van der Waals surface area (Å²) in [5.41, 5.74) is 7.91. The number of aryl methyl sites for hydroxylation is 2. The molecule has 1 atom stereocenters. The Labute approximate surface area is 134 Å². The van der Waals surface area contributed by atoms with Crippen LogP contribution in [0.2, 0.25) is 0 Å². The van der Waals surface area contributed by atoms with Gasteiger partial charge in [-0.25, -0.2) is 9.97 Å². The summed E-state index contributed by atoms with van der Waals surface area (Å²) < 4.78 is 5.42.